The van der Waals surface area contributed by atoms with Crippen LogP contribution in [-0.4, -0.2) is 59.9 Å². The molecular formula is C23H34O5Si. The molecule has 0 radical (unpaired) electrons. The van der Waals surface area contributed by atoms with Crippen LogP contribution in [0.4, 0.5) is 0 Å². The average molecular weight is 419 g/mol. The summed E-state index contributed by atoms with van der Waals surface area (Å²) in [5, 5.41) is 11.1. The molecule has 2 aromatic carbocycles. The quantitative estimate of drug-likeness (QED) is 0.308. The Kier molecular flexibility index (Phi) is 10.0. The van der Waals surface area contributed by atoms with E-state index in [2.05, 4.69) is 69.3 Å². The standard InChI is InChI=1S/C23H34O5Si/c1-23(2,3)29(21-10-6-4-7-11-21,22-12-8-5-9-13-22)28-20-27-19-18-26-17-16-25-15-14-24/h4-13,24H,14-20H2,1-3H3. The Morgan fingerprint density at radius 1 is 0.690 bits per heavy atom. The third-order valence-electron chi connectivity index (χ3n) is 4.76. The maximum absolute atomic E-state index is 8.66. The van der Waals surface area contributed by atoms with Gasteiger partial charge in [-0.2, -0.15) is 0 Å². The maximum Gasteiger partial charge on any atom is 0.264 e. The first-order valence-electron chi connectivity index (χ1n) is 10.1. The van der Waals surface area contributed by atoms with Gasteiger partial charge in [0.05, 0.1) is 39.6 Å². The summed E-state index contributed by atoms with van der Waals surface area (Å²) in [6.07, 6.45) is 0. The number of ether oxygens (including phenoxy) is 3. The van der Waals surface area contributed by atoms with Crippen molar-refractivity contribution in [2.45, 2.75) is 25.8 Å². The highest BCUT2D eigenvalue weighted by molar-refractivity contribution is 6.99. The number of rotatable bonds is 13. The molecule has 0 atom stereocenters. The Balaban J connectivity index is 2.00. The average Bonchev–Trinajstić information content (AvgIpc) is 2.72. The number of benzene rings is 2. The van der Waals surface area contributed by atoms with Crippen LogP contribution in [-0.2, 0) is 18.6 Å². The van der Waals surface area contributed by atoms with E-state index in [4.69, 9.17) is 23.7 Å². The lowest BCUT2D eigenvalue weighted by molar-refractivity contribution is -0.0316. The lowest BCUT2D eigenvalue weighted by Crippen LogP contribution is -2.66. The molecule has 160 valence electrons. The molecule has 2 aromatic rings. The van der Waals surface area contributed by atoms with Crippen molar-refractivity contribution in [2.75, 3.05) is 46.4 Å². The van der Waals surface area contributed by atoms with E-state index in [1.54, 1.807) is 0 Å². The third-order valence-corrected chi connectivity index (χ3v) is 9.71. The zero-order valence-electron chi connectivity index (χ0n) is 17.8. The van der Waals surface area contributed by atoms with E-state index in [1.165, 1.54) is 10.4 Å². The maximum atomic E-state index is 8.66. The molecule has 0 fully saturated rings. The minimum absolute atomic E-state index is 0.0305. The van der Waals surface area contributed by atoms with Gasteiger partial charge < -0.3 is 23.7 Å². The number of hydrogen-bond acceptors (Lipinski definition) is 5. The topological polar surface area (TPSA) is 57.2 Å². The minimum Gasteiger partial charge on any atom is -0.394 e. The molecule has 0 heterocycles. The zero-order chi connectivity index (χ0) is 21.0. The van der Waals surface area contributed by atoms with Gasteiger partial charge in [0.15, 0.2) is 0 Å². The fraction of sp³-hybridized carbons (Fsp3) is 0.478. The SMILES string of the molecule is CC(C)(C)[Si](OCOCCOCCOCCO)(c1ccccc1)c1ccccc1. The molecule has 0 aromatic heterocycles. The molecule has 0 unspecified atom stereocenters. The van der Waals surface area contributed by atoms with Gasteiger partial charge in [-0.25, -0.2) is 0 Å². The van der Waals surface area contributed by atoms with E-state index >= 15 is 0 Å². The molecule has 6 heteroatoms. The van der Waals surface area contributed by atoms with Gasteiger partial charge in [-0.3, -0.25) is 0 Å². The van der Waals surface area contributed by atoms with Gasteiger partial charge in [-0.15, -0.1) is 0 Å². The first-order valence-corrected chi connectivity index (χ1v) is 12.0. The first kappa shape index (κ1) is 23.7. The highest BCUT2D eigenvalue weighted by atomic mass is 28.4. The molecule has 29 heavy (non-hydrogen) atoms. The molecule has 0 aliphatic rings. The Hall–Kier alpha value is -1.54. The van der Waals surface area contributed by atoms with Gasteiger partial charge in [-0.1, -0.05) is 81.4 Å². The Morgan fingerprint density at radius 3 is 1.59 bits per heavy atom. The van der Waals surface area contributed by atoms with Crippen molar-refractivity contribution in [1.82, 2.24) is 0 Å². The van der Waals surface area contributed by atoms with E-state index < -0.39 is 8.32 Å². The summed E-state index contributed by atoms with van der Waals surface area (Å²) < 4.78 is 23.0. The smallest absolute Gasteiger partial charge is 0.264 e. The van der Waals surface area contributed by atoms with Gasteiger partial charge in [0.25, 0.3) is 8.32 Å². The third kappa shape index (κ3) is 6.74. The van der Waals surface area contributed by atoms with E-state index in [-0.39, 0.29) is 18.4 Å². The van der Waals surface area contributed by atoms with Crippen LogP contribution in [0, 0.1) is 0 Å². The fourth-order valence-electron chi connectivity index (χ4n) is 3.45. The Morgan fingerprint density at radius 2 is 1.14 bits per heavy atom. The molecule has 1 N–H and O–H groups in total. The number of hydrogen-bond donors (Lipinski definition) is 1. The van der Waals surface area contributed by atoms with Crippen LogP contribution in [0.2, 0.25) is 5.04 Å². The minimum atomic E-state index is -2.55. The molecule has 0 aliphatic heterocycles. The molecular weight excluding hydrogens is 384 g/mol. The monoisotopic (exact) mass is 418 g/mol. The summed E-state index contributed by atoms with van der Waals surface area (Å²) >= 11 is 0. The van der Waals surface area contributed by atoms with Crippen molar-refractivity contribution in [3.8, 4) is 0 Å². The molecule has 0 saturated carbocycles. The van der Waals surface area contributed by atoms with Gasteiger partial charge in [0.1, 0.15) is 6.79 Å². The Bertz CT molecular complexity index is 633. The highest BCUT2D eigenvalue weighted by Gasteiger charge is 2.50. The van der Waals surface area contributed by atoms with Crippen LogP contribution in [0.3, 0.4) is 0 Å². The second-order valence-corrected chi connectivity index (χ2v) is 12.1. The van der Waals surface area contributed by atoms with Crippen molar-refractivity contribution < 1.29 is 23.7 Å². The second-order valence-electron chi connectivity index (χ2n) is 7.78. The summed E-state index contributed by atoms with van der Waals surface area (Å²) in [5.41, 5.74) is 0. The van der Waals surface area contributed by atoms with Crippen molar-refractivity contribution in [3.63, 3.8) is 0 Å². The van der Waals surface area contributed by atoms with Crippen LogP contribution in [0.1, 0.15) is 20.8 Å². The van der Waals surface area contributed by atoms with Crippen LogP contribution < -0.4 is 10.4 Å². The largest absolute Gasteiger partial charge is 0.394 e. The predicted molar refractivity (Wildman–Crippen MR) is 118 cm³/mol. The summed E-state index contributed by atoms with van der Waals surface area (Å²) in [4.78, 5) is 0. The summed E-state index contributed by atoms with van der Waals surface area (Å²) in [6.45, 7) is 9.22. The number of aliphatic hydroxyl groups excluding tert-OH is 1. The van der Waals surface area contributed by atoms with Gasteiger partial charge in [0, 0.05) is 0 Å². The molecule has 0 aliphatic carbocycles. The number of aliphatic hydroxyl groups is 1. The van der Waals surface area contributed by atoms with Gasteiger partial charge >= 0.3 is 0 Å². The lowest BCUT2D eigenvalue weighted by Gasteiger charge is -2.42. The van der Waals surface area contributed by atoms with Crippen LogP contribution in [0.5, 0.6) is 0 Å². The highest BCUT2D eigenvalue weighted by Crippen LogP contribution is 2.36. The summed E-state index contributed by atoms with van der Waals surface area (Å²) in [6, 6.07) is 21.0. The van der Waals surface area contributed by atoms with E-state index in [0.29, 0.717) is 33.0 Å². The van der Waals surface area contributed by atoms with Crippen LogP contribution in [0.15, 0.2) is 60.7 Å². The van der Waals surface area contributed by atoms with Crippen molar-refractivity contribution in [2.24, 2.45) is 0 Å². The summed E-state index contributed by atoms with van der Waals surface area (Å²) in [7, 11) is -2.55. The normalized spacial score (nSPS) is 12.3. The molecule has 0 saturated heterocycles. The zero-order valence-corrected chi connectivity index (χ0v) is 18.8. The Labute approximate surface area is 175 Å². The van der Waals surface area contributed by atoms with E-state index in [9.17, 15) is 0 Å². The van der Waals surface area contributed by atoms with E-state index in [0.717, 1.165) is 0 Å². The fourth-order valence-corrected chi connectivity index (χ4v) is 7.87. The predicted octanol–water partition coefficient (Wildman–Crippen LogP) is 2.56. The van der Waals surface area contributed by atoms with Gasteiger partial charge in [0.2, 0.25) is 0 Å². The van der Waals surface area contributed by atoms with Crippen LogP contribution >= 0.6 is 0 Å². The van der Waals surface area contributed by atoms with Crippen molar-refractivity contribution in [1.29, 1.82) is 0 Å². The van der Waals surface area contributed by atoms with Crippen LogP contribution in [0.25, 0.3) is 0 Å². The summed E-state index contributed by atoms with van der Waals surface area (Å²) in [5.74, 6) is 0. The molecule has 0 spiro atoms. The molecule has 0 amide bonds. The van der Waals surface area contributed by atoms with E-state index in [1.807, 2.05) is 12.1 Å². The lowest BCUT2D eigenvalue weighted by atomic mass is 10.2. The first-order chi connectivity index (χ1) is 14.0. The van der Waals surface area contributed by atoms with Gasteiger partial charge in [-0.05, 0) is 15.4 Å². The second kappa shape index (κ2) is 12.2. The molecule has 0 bridgehead atoms. The molecule has 5 nitrogen and oxygen atoms in total. The van der Waals surface area contributed by atoms with Crippen molar-refractivity contribution in [3.05, 3.63) is 60.7 Å². The van der Waals surface area contributed by atoms with Crippen molar-refractivity contribution >= 4 is 18.7 Å². The molecule has 2 rings (SSSR count).